The van der Waals surface area contributed by atoms with Crippen LogP contribution in [0.2, 0.25) is 0 Å². The van der Waals surface area contributed by atoms with Crippen LogP contribution in [0.3, 0.4) is 0 Å². The van der Waals surface area contributed by atoms with Crippen molar-refractivity contribution in [3.63, 3.8) is 0 Å². The molecule has 0 aromatic carbocycles. The van der Waals surface area contributed by atoms with Gasteiger partial charge in [-0.15, -0.1) is 0 Å². The summed E-state index contributed by atoms with van der Waals surface area (Å²) >= 11 is 0. The van der Waals surface area contributed by atoms with E-state index < -0.39 is 0 Å². The monoisotopic (exact) mass is 209 g/mol. The number of hydrogen-bond acceptors (Lipinski definition) is 2. The molecular weight excluding hydrogens is 186 g/mol. The quantitative estimate of drug-likeness (QED) is 0.780. The first kappa shape index (κ1) is 12.2. The van der Waals surface area contributed by atoms with E-state index in [2.05, 4.69) is 37.3 Å². The minimum Gasteiger partial charge on any atom is -0.340 e. The van der Waals surface area contributed by atoms with Crippen molar-refractivity contribution in [3.8, 4) is 0 Å². The summed E-state index contributed by atoms with van der Waals surface area (Å²) in [5.41, 5.74) is 1.17. The molecule has 0 radical (unpaired) electrons. The molecule has 1 heterocycles. The van der Waals surface area contributed by atoms with Gasteiger partial charge >= 0.3 is 0 Å². The Balaban J connectivity index is 2.62. The maximum absolute atomic E-state index is 4.42. The fraction of sp³-hybridized carbons (Fsp3) is 0.750. The molecule has 0 amide bonds. The van der Waals surface area contributed by atoms with Gasteiger partial charge in [0.2, 0.25) is 0 Å². The zero-order valence-electron chi connectivity index (χ0n) is 10.3. The van der Waals surface area contributed by atoms with Gasteiger partial charge in [0.15, 0.2) is 0 Å². The summed E-state index contributed by atoms with van der Waals surface area (Å²) in [5, 5.41) is 3.55. The highest BCUT2D eigenvalue weighted by Crippen LogP contribution is 2.19. The van der Waals surface area contributed by atoms with Gasteiger partial charge in [-0.25, -0.2) is 4.98 Å². The Labute approximate surface area is 92.9 Å². The van der Waals surface area contributed by atoms with E-state index in [1.807, 2.05) is 17.9 Å². The van der Waals surface area contributed by atoms with Crippen molar-refractivity contribution in [2.75, 3.05) is 6.54 Å². The predicted octanol–water partition coefficient (Wildman–Crippen LogP) is 2.51. The molecule has 0 saturated carbocycles. The van der Waals surface area contributed by atoms with Crippen LogP contribution in [0.4, 0.5) is 0 Å². The largest absolute Gasteiger partial charge is 0.340 e. The lowest BCUT2D eigenvalue weighted by atomic mass is 10.0. The number of nitrogens with one attached hydrogen (secondary N) is 1. The smallest absolute Gasteiger partial charge is 0.0947 e. The molecule has 1 aromatic rings. The van der Waals surface area contributed by atoms with Crippen molar-refractivity contribution >= 4 is 0 Å². The fourth-order valence-electron chi connectivity index (χ4n) is 1.71. The predicted molar refractivity (Wildman–Crippen MR) is 63.7 cm³/mol. The third-order valence-corrected chi connectivity index (χ3v) is 2.43. The van der Waals surface area contributed by atoms with E-state index in [1.165, 1.54) is 12.1 Å². The van der Waals surface area contributed by atoms with Crippen LogP contribution in [0.15, 0.2) is 12.5 Å². The highest BCUT2D eigenvalue weighted by Gasteiger charge is 2.14. The van der Waals surface area contributed by atoms with Crippen molar-refractivity contribution < 1.29 is 0 Å². The number of nitrogens with zero attached hydrogens (tertiary/aromatic N) is 2. The number of hydrogen-bond donors (Lipinski definition) is 1. The Morgan fingerprint density at radius 1 is 1.47 bits per heavy atom. The van der Waals surface area contributed by atoms with Gasteiger partial charge in [-0.2, -0.15) is 0 Å². The first-order chi connectivity index (χ1) is 7.13. The molecule has 0 aliphatic carbocycles. The Kier molecular flexibility index (Phi) is 4.82. The van der Waals surface area contributed by atoms with E-state index in [1.54, 1.807) is 0 Å². The van der Waals surface area contributed by atoms with E-state index in [9.17, 15) is 0 Å². The Morgan fingerprint density at radius 3 is 2.67 bits per heavy atom. The van der Waals surface area contributed by atoms with Crippen LogP contribution in [-0.4, -0.2) is 16.1 Å². The first-order valence-corrected chi connectivity index (χ1v) is 5.84. The summed E-state index contributed by atoms with van der Waals surface area (Å²) in [5.74, 6) is 0.696. The van der Waals surface area contributed by atoms with Crippen LogP contribution < -0.4 is 5.32 Å². The Morgan fingerprint density at radius 2 is 2.20 bits per heavy atom. The summed E-state index contributed by atoms with van der Waals surface area (Å²) in [6, 6.07) is 0.408. The van der Waals surface area contributed by atoms with E-state index in [4.69, 9.17) is 0 Å². The molecule has 1 rings (SSSR count). The van der Waals surface area contributed by atoms with Gasteiger partial charge in [0.25, 0.3) is 0 Å². The zero-order chi connectivity index (χ0) is 11.3. The lowest BCUT2D eigenvalue weighted by Gasteiger charge is -2.18. The molecular formula is C12H23N3. The standard InChI is InChI=1S/C12H23N3/c1-5-6-13-11(7-10(2)3)12-8-15(4)9-14-12/h8-11,13H,5-7H2,1-4H3. The summed E-state index contributed by atoms with van der Waals surface area (Å²) < 4.78 is 2.01. The molecule has 0 aliphatic rings. The summed E-state index contributed by atoms with van der Waals surface area (Å²) in [4.78, 5) is 4.42. The molecule has 0 spiro atoms. The highest BCUT2D eigenvalue weighted by molar-refractivity contribution is 5.03. The van der Waals surface area contributed by atoms with Gasteiger partial charge in [-0.05, 0) is 25.3 Å². The van der Waals surface area contributed by atoms with Crippen LogP contribution in [0.5, 0.6) is 0 Å². The molecule has 1 aromatic heterocycles. The average molecular weight is 209 g/mol. The lowest BCUT2D eigenvalue weighted by molar-refractivity contribution is 0.423. The maximum Gasteiger partial charge on any atom is 0.0947 e. The van der Waals surface area contributed by atoms with Gasteiger partial charge in [-0.3, -0.25) is 0 Å². The topological polar surface area (TPSA) is 29.9 Å². The summed E-state index contributed by atoms with van der Waals surface area (Å²) in [7, 11) is 2.02. The summed E-state index contributed by atoms with van der Waals surface area (Å²) in [6.45, 7) is 7.76. The van der Waals surface area contributed by atoms with E-state index in [0.29, 0.717) is 12.0 Å². The molecule has 3 heteroatoms. The second-order valence-electron chi connectivity index (χ2n) is 4.60. The third kappa shape index (κ3) is 4.04. The van der Waals surface area contributed by atoms with Gasteiger partial charge in [0.1, 0.15) is 0 Å². The third-order valence-electron chi connectivity index (χ3n) is 2.43. The molecule has 1 atom stereocenters. The molecule has 1 N–H and O–H groups in total. The fourth-order valence-corrected chi connectivity index (χ4v) is 1.71. The van der Waals surface area contributed by atoms with Crippen molar-refractivity contribution in [1.82, 2.24) is 14.9 Å². The van der Waals surface area contributed by atoms with Crippen molar-refractivity contribution in [1.29, 1.82) is 0 Å². The summed E-state index contributed by atoms with van der Waals surface area (Å²) in [6.07, 6.45) is 6.30. The molecule has 3 nitrogen and oxygen atoms in total. The maximum atomic E-state index is 4.42. The number of aryl methyl sites for hydroxylation is 1. The van der Waals surface area contributed by atoms with Crippen LogP contribution in [0.1, 0.15) is 45.3 Å². The van der Waals surface area contributed by atoms with Crippen molar-refractivity contribution in [3.05, 3.63) is 18.2 Å². The van der Waals surface area contributed by atoms with Gasteiger partial charge in [-0.1, -0.05) is 20.8 Å². The number of aromatic nitrogens is 2. The van der Waals surface area contributed by atoms with Crippen LogP contribution in [-0.2, 0) is 7.05 Å². The number of rotatable bonds is 6. The second kappa shape index (κ2) is 5.91. The molecule has 86 valence electrons. The SMILES string of the molecule is CCCNC(CC(C)C)c1cn(C)cn1. The van der Waals surface area contributed by atoms with Gasteiger partial charge < -0.3 is 9.88 Å². The van der Waals surface area contributed by atoms with E-state index in [-0.39, 0.29) is 0 Å². The number of imidazole rings is 1. The molecule has 0 fully saturated rings. The molecule has 0 aliphatic heterocycles. The van der Waals surface area contributed by atoms with Crippen LogP contribution in [0.25, 0.3) is 0 Å². The average Bonchev–Trinajstić information content (AvgIpc) is 2.58. The second-order valence-corrected chi connectivity index (χ2v) is 4.60. The zero-order valence-corrected chi connectivity index (χ0v) is 10.3. The Hall–Kier alpha value is -0.830. The van der Waals surface area contributed by atoms with Crippen LogP contribution in [0, 0.1) is 5.92 Å². The van der Waals surface area contributed by atoms with Crippen LogP contribution >= 0.6 is 0 Å². The Bertz CT molecular complexity index is 278. The highest BCUT2D eigenvalue weighted by atomic mass is 15.0. The molecule has 0 bridgehead atoms. The lowest BCUT2D eigenvalue weighted by Crippen LogP contribution is -2.23. The van der Waals surface area contributed by atoms with E-state index >= 15 is 0 Å². The minimum absolute atomic E-state index is 0.408. The van der Waals surface area contributed by atoms with Gasteiger partial charge in [0, 0.05) is 13.2 Å². The normalized spacial score (nSPS) is 13.4. The van der Waals surface area contributed by atoms with E-state index in [0.717, 1.165) is 13.0 Å². The molecule has 1 unspecified atom stereocenters. The molecule has 15 heavy (non-hydrogen) atoms. The minimum atomic E-state index is 0.408. The van der Waals surface area contributed by atoms with Crippen molar-refractivity contribution in [2.45, 2.75) is 39.7 Å². The van der Waals surface area contributed by atoms with Crippen molar-refractivity contribution in [2.24, 2.45) is 13.0 Å². The molecule has 0 saturated heterocycles. The van der Waals surface area contributed by atoms with Gasteiger partial charge in [0.05, 0.1) is 18.1 Å². The first-order valence-electron chi connectivity index (χ1n) is 5.84.